The van der Waals surface area contributed by atoms with Crippen molar-refractivity contribution in [1.29, 1.82) is 0 Å². The second kappa shape index (κ2) is 12.9. The third-order valence-electron chi connectivity index (χ3n) is 12.3. The van der Waals surface area contributed by atoms with Gasteiger partial charge in [-0.3, -0.25) is 0 Å². The molecule has 0 aliphatic heterocycles. The van der Waals surface area contributed by atoms with Crippen molar-refractivity contribution in [2.24, 2.45) is 0 Å². The summed E-state index contributed by atoms with van der Waals surface area (Å²) >= 11 is 0. The summed E-state index contributed by atoms with van der Waals surface area (Å²) in [7, 11) is 0. The minimum atomic E-state index is 0.0593. The lowest BCUT2D eigenvalue weighted by Gasteiger charge is -2.23. The number of oxazole rings is 1. The second-order valence-corrected chi connectivity index (χ2v) is 19.4. The zero-order chi connectivity index (χ0) is 40.2. The van der Waals surface area contributed by atoms with Crippen LogP contribution in [0.4, 0.5) is 0 Å². The maximum atomic E-state index is 6.69. The van der Waals surface area contributed by atoms with Crippen molar-refractivity contribution in [2.45, 2.75) is 92.4 Å². The summed E-state index contributed by atoms with van der Waals surface area (Å²) in [6, 6.07) is 46.0. The number of hydrogen-bond acceptors (Lipinski definition) is 2. The number of aromatic nitrogens is 1. The summed E-state index contributed by atoms with van der Waals surface area (Å²) in [4.78, 5) is 5.17. The van der Waals surface area contributed by atoms with E-state index in [9.17, 15) is 0 Å². The minimum absolute atomic E-state index is 0.0593. The molecule has 0 unspecified atom stereocenters. The van der Waals surface area contributed by atoms with Crippen LogP contribution in [0.5, 0.6) is 0 Å². The average Bonchev–Trinajstić information content (AvgIpc) is 3.58. The topological polar surface area (TPSA) is 26.0 Å². The first kappa shape index (κ1) is 36.9. The van der Waals surface area contributed by atoms with Gasteiger partial charge in [0.25, 0.3) is 0 Å². The van der Waals surface area contributed by atoms with Gasteiger partial charge in [0, 0.05) is 5.56 Å². The van der Waals surface area contributed by atoms with Crippen LogP contribution in [0.2, 0.25) is 0 Å². The van der Waals surface area contributed by atoms with Gasteiger partial charge in [-0.15, -0.1) is 0 Å². The quantitative estimate of drug-likeness (QED) is 0.168. The Morgan fingerprint density at radius 2 is 0.719 bits per heavy atom. The Morgan fingerprint density at radius 3 is 1.09 bits per heavy atom. The molecule has 1 heterocycles. The zero-order valence-corrected chi connectivity index (χ0v) is 35.4. The van der Waals surface area contributed by atoms with Gasteiger partial charge < -0.3 is 4.42 Å². The Bertz CT molecular complexity index is 2860. The van der Waals surface area contributed by atoms with Gasteiger partial charge in [0.15, 0.2) is 5.58 Å². The molecule has 0 saturated heterocycles. The van der Waals surface area contributed by atoms with Gasteiger partial charge in [-0.05, 0) is 148 Å². The summed E-state index contributed by atoms with van der Waals surface area (Å²) in [5.41, 5.74) is 16.6. The van der Waals surface area contributed by atoms with Crippen LogP contribution >= 0.6 is 0 Å². The molecule has 0 N–H and O–H groups in total. The maximum absolute atomic E-state index is 6.69. The Labute approximate surface area is 337 Å². The van der Waals surface area contributed by atoms with E-state index in [2.05, 4.69) is 197 Å². The van der Waals surface area contributed by atoms with Gasteiger partial charge in [0.1, 0.15) is 5.52 Å². The molecule has 0 bridgehead atoms. The van der Waals surface area contributed by atoms with Crippen molar-refractivity contribution in [2.75, 3.05) is 0 Å². The van der Waals surface area contributed by atoms with Crippen molar-refractivity contribution < 1.29 is 4.42 Å². The Kier molecular flexibility index (Phi) is 8.35. The van der Waals surface area contributed by atoms with Crippen molar-refractivity contribution in [1.82, 2.24) is 4.98 Å². The van der Waals surface area contributed by atoms with Crippen LogP contribution in [0, 0.1) is 13.8 Å². The monoisotopic (exact) mass is 743 g/mol. The summed E-state index contributed by atoms with van der Waals surface area (Å²) in [6.45, 7) is 24.8. The first-order valence-corrected chi connectivity index (χ1v) is 20.5. The summed E-state index contributed by atoms with van der Waals surface area (Å²) in [6.07, 6.45) is 0. The van der Waals surface area contributed by atoms with E-state index in [1.54, 1.807) is 0 Å². The standard InChI is InChI=1S/C55H53NO/c1-32-28-48-49(29-33(32)2)57-52(56-48)47-31-46(36-16-22-39(23-17-36)55(9,10)11)42-25-24-40-44(34-12-18-37(19-13-34)53(3,4)5)30-45(41-26-27-43(47)51(42)50(40)41)35-14-20-38(21-15-35)54(6,7)8/h12-31H,1-11H3. The molecule has 0 amide bonds. The van der Waals surface area contributed by atoms with E-state index in [0.717, 1.165) is 22.0 Å². The lowest BCUT2D eigenvalue weighted by molar-refractivity contribution is 0.590. The Hall–Kier alpha value is -5.73. The predicted molar refractivity (Wildman–Crippen MR) is 245 cm³/mol. The predicted octanol–water partition coefficient (Wildman–Crippen LogP) is 15.9. The molecule has 0 spiro atoms. The first-order chi connectivity index (χ1) is 27.0. The first-order valence-electron chi connectivity index (χ1n) is 20.5. The second-order valence-electron chi connectivity index (χ2n) is 19.4. The van der Waals surface area contributed by atoms with Crippen LogP contribution in [0.15, 0.2) is 126 Å². The van der Waals surface area contributed by atoms with Crippen molar-refractivity contribution in [3.05, 3.63) is 149 Å². The van der Waals surface area contributed by atoms with E-state index in [0.29, 0.717) is 5.89 Å². The summed E-state index contributed by atoms with van der Waals surface area (Å²) in [5, 5.41) is 7.38. The third-order valence-corrected chi connectivity index (χ3v) is 12.3. The van der Waals surface area contributed by atoms with E-state index in [1.165, 1.54) is 88.1 Å². The van der Waals surface area contributed by atoms with Crippen LogP contribution in [0.1, 0.15) is 90.1 Å². The minimum Gasteiger partial charge on any atom is -0.436 e. The summed E-state index contributed by atoms with van der Waals surface area (Å²) < 4.78 is 6.69. The molecule has 2 nitrogen and oxygen atoms in total. The Balaban J connectivity index is 1.40. The molecular formula is C55H53NO. The fraction of sp³-hybridized carbons (Fsp3) is 0.255. The van der Waals surface area contributed by atoms with Crippen LogP contribution in [-0.2, 0) is 16.2 Å². The zero-order valence-electron chi connectivity index (χ0n) is 35.4. The molecule has 9 aromatic rings. The molecule has 57 heavy (non-hydrogen) atoms. The molecule has 9 rings (SSSR count). The number of benzene rings is 8. The van der Waals surface area contributed by atoms with E-state index >= 15 is 0 Å². The van der Waals surface area contributed by atoms with Crippen LogP contribution in [0.25, 0.3) is 88.3 Å². The smallest absolute Gasteiger partial charge is 0.227 e. The molecular weight excluding hydrogens is 691 g/mol. The van der Waals surface area contributed by atoms with Gasteiger partial charge in [-0.25, -0.2) is 4.98 Å². The number of fused-ring (bicyclic) bond motifs is 1. The largest absolute Gasteiger partial charge is 0.436 e. The van der Waals surface area contributed by atoms with E-state index < -0.39 is 0 Å². The molecule has 0 aliphatic rings. The summed E-state index contributed by atoms with van der Waals surface area (Å²) in [5.74, 6) is 0.650. The van der Waals surface area contributed by atoms with Gasteiger partial charge in [0.2, 0.25) is 5.89 Å². The van der Waals surface area contributed by atoms with Crippen molar-refractivity contribution in [3.63, 3.8) is 0 Å². The van der Waals surface area contributed by atoms with Gasteiger partial charge in [-0.2, -0.15) is 0 Å². The van der Waals surface area contributed by atoms with Crippen LogP contribution < -0.4 is 0 Å². The normalized spacial score (nSPS) is 12.8. The average molecular weight is 744 g/mol. The third kappa shape index (κ3) is 6.31. The molecule has 1 aromatic heterocycles. The molecule has 0 saturated carbocycles. The van der Waals surface area contributed by atoms with Crippen LogP contribution in [0.3, 0.4) is 0 Å². The molecule has 0 aliphatic carbocycles. The number of aryl methyl sites for hydroxylation is 2. The highest BCUT2D eigenvalue weighted by Gasteiger charge is 2.24. The fourth-order valence-corrected chi connectivity index (χ4v) is 8.63. The fourth-order valence-electron chi connectivity index (χ4n) is 8.63. The highest BCUT2D eigenvalue weighted by Crippen LogP contribution is 2.49. The van der Waals surface area contributed by atoms with Gasteiger partial charge >= 0.3 is 0 Å². The maximum Gasteiger partial charge on any atom is 0.227 e. The molecule has 0 fully saturated rings. The highest BCUT2D eigenvalue weighted by molar-refractivity contribution is 6.31. The molecule has 8 aromatic carbocycles. The highest BCUT2D eigenvalue weighted by atomic mass is 16.3. The van der Waals surface area contributed by atoms with E-state index in [4.69, 9.17) is 9.40 Å². The van der Waals surface area contributed by atoms with Crippen LogP contribution in [-0.4, -0.2) is 4.98 Å². The van der Waals surface area contributed by atoms with E-state index in [1.807, 2.05) is 0 Å². The lowest BCUT2D eigenvalue weighted by Crippen LogP contribution is -2.10. The van der Waals surface area contributed by atoms with Gasteiger partial charge in [-0.1, -0.05) is 159 Å². The Morgan fingerprint density at radius 1 is 0.386 bits per heavy atom. The van der Waals surface area contributed by atoms with Gasteiger partial charge in [0.05, 0.1) is 0 Å². The lowest BCUT2D eigenvalue weighted by atomic mass is 9.81. The molecule has 284 valence electrons. The number of rotatable bonds is 4. The SMILES string of the molecule is Cc1cc2nc(-c3cc(-c4ccc(C(C)(C)C)cc4)c4ccc5c(-c6ccc(C(C)(C)C)cc6)cc(-c6ccc(C(C)(C)C)cc6)c6ccc3c4c56)oc2cc1C. The molecule has 2 heteroatoms. The number of nitrogens with zero attached hydrogens (tertiary/aromatic N) is 1. The number of hydrogen-bond donors (Lipinski definition) is 0. The van der Waals surface area contributed by atoms with Crippen molar-refractivity contribution >= 4 is 43.4 Å². The van der Waals surface area contributed by atoms with Crippen molar-refractivity contribution in [3.8, 4) is 44.8 Å². The molecule has 0 atom stereocenters. The van der Waals surface area contributed by atoms with E-state index in [-0.39, 0.29) is 16.2 Å². The molecule has 0 radical (unpaired) electrons.